The quantitative estimate of drug-likeness (QED) is 0.567. The van der Waals surface area contributed by atoms with Gasteiger partial charge in [0.1, 0.15) is 10.7 Å². The maximum absolute atomic E-state index is 12.3. The van der Waals surface area contributed by atoms with Crippen molar-refractivity contribution in [2.75, 3.05) is 7.05 Å². The largest absolute Gasteiger partial charge is 0.294 e. The summed E-state index contributed by atoms with van der Waals surface area (Å²) in [6, 6.07) is 13.6. The summed E-state index contributed by atoms with van der Waals surface area (Å²) in [5.74, 6) is 0. The fraction of sp³-hybridized carbons (Fsp3) is 0.211. The van der Waals surface area contributed by atoms with Gasteiger partial charge < -0.3 is 0 Å². The van der Waals surface area contributed by atoms with Crippen molar-refractivity contribution in [1.82, 2.24) is 19.3 Å². The molecule has 1 aromatic carbocycles. The maximum Gasteiger partial charge on any atom is 0.258 e. The van der Waals surface area contributed by atoms with Crippen LogP contribution in [0.5, 0.6) is 0 Å². The van der Waals surface area contributed by atoms with Crippen LogP contribution in [0.2, 0.25) is 0 Å². The highest BCUT2D eigenvalue weighted by Crippen LogP contribution is 2.22. The normalized spacial score (nSPS) is 11.6. The molecular weight excluding hydrogens is 332 g/mol. The number of aryl methyl sites for hydroxylation is 1. The van der Waals surface area contributed by atoms with Crippen molar-refractivity contribution >= 4 is 27.2 Å². The molecule has 6 heteroatoms. The zero-order valence-corrected chi connectivity index (χ0v) is 15.0. The van der Waals surface area contributed by atoms with E-state index in [1.165, 1.54) is 4.70 Å². The van der Waals surface area contributed by atoms with Crippen LogP contribution >= 0.6 is 11.3 Å². The van der Waals surface area contributed by atoms with Crippen molar-refractivity contribution < 1.29 is 0 Å². The molecule has 0 fully saturated rings. The van der Waals surface area contributed by atoms with Gasteiger partial charge in [0.25, 0.3) is 5.56 Å². The topological polar surface area (TPSA) is 50.5 Å². The number of rotatable bonds is 4. The fourth-order valence-electron chi connectivity index (χ4n) is 2.89. The second-order valence-electron chi connectivity index (χ2n) is 6.27. The van der Waals surface area contributed by atoms with Gasteiger partial charge in [0, 0.05) is 18.8 Å². The molecule has 3 aromatic heterocycles. The minimum atomic E-state index is -0.0444. The highest BCUT2D eigenvalue weighted by molar-refractivity contribution is 7.18. The van der Waals surface area contributed by atoms with Crippen LogP contribution in [-0.2, 0) is 13.1 Å². The number of pyridine rings is 1. The molecule has 0 aliphatic heterocycles. The summed E-state index contributed by atoms with van der Waals surface area (Å²) in [4.78, 5) is 23.7. The minimum Gasteiger partial charge on any atom is -0.294 e. The molecule has 5 nitrogen and oxygen atoms in total. The molecule has 4 aromatic rings. The molecule has 0 saturated carbocycles. The Morgan fingerprint density at radius 3 is 2.80 bits per heavy atom. The highest BCUT2D eigenvalue weighted by atomic mass is 32.1. The van der Waals surface area contributed by atoms with Crippen molar-refractivity contribution in [2.24, 2.45) is 0 Å². The summed E-state index contributed by atoms with van der Waals surface area (Å²) in [5.41, 5.74) is 3.49. The molecule has 0 saturated heterocycles. The average molecular weight is 350 g/mol. The molecule has 0 aliphatic rings. The third-order valence-corrected chi connectivity index (χ3v) is 5.06. The lowest BCUT2D eigenvalue weighted by atomic mass is 10.3. The van der Waals surface area contributed by atoms with Crippen LogP contribution in [0.15, 0.2) is 53.5 Å². The van der Waals surface area contributed by atoms with Crippen LogP contribution in [0.3, 0.4) is 0 Å². The summed E-state index contributed by atoms with van der Waals surface area (Å²) in [6.07, 6.45) is 1.82. The molecule has 0 N–H and O–H groups in total. The summed E-state index contributed by atoms with van der Waals surface area (Å²) < 4.78 is 2.79. The van der Waals surface area contributed by atoms with Crippen molar-refractivity contribution in [3.8, 4) is 0 Å². The van der Waals surface area contributed by atoms with Crippen LogP contribution < -0.4 is 5.56 Å². The molecule has 0 spiro atoms. The second kappa shape index (κ2) is 6.38. The monoisotopic (exact) mass is 350 g/mol. The highest BCUT2D eigenvalue weighted by Gasteiger charge is 2.09. The standard InChI is InChI=1S/C19H18N4OS/c1-13-7-8-17-20-14(9-19(24)23(17)10-13)11-22(2)12-18-21-15-5-3-4-6-16(15)25-18/h3-10H,11-12H2,1-2H3. The molecule has 3 heterocycles. The van der Waals surface area contributed by atoms with Gasteiger partial charge in [-0.2, -0.15) is 0 Å². The number of nitrogens with zero attached hydrogens (tertiary/aromatic N) is 4. The molecule has 0 unspecified atom stereocenters. The van der Waals surface area contributed by atoms with Gasteiger partial charge in [0.15, 0.2) is 0 Å². The van der Waals surface area contributed by atoms with Crippen molar-refractivity contribution in [1.29, 1.82) is 0 Å². The van der Waals surface area contributed by atoms with E-state index in [-0.39, 0.29) is 5.56 Å². The smallest absolute Gasteiger partial charge is 0.258 e. The summed E-state index contributed by atoms with van der Waals surface area (Å²) in [5, 5.41) is 1.07. The van der Waals surface area contributed by atoms with Gasteiger partial charge in [-0.3, -0.25) is 14.1 Å². The number of benzene rings is 1. The Hall–Kier alpha value is -2.57. The van der Waals surface area contributed by atoms with Gasteiger partial charge in [0.05, 0.1) is 22.5 Å². The Kier molecular flexibility index (Phi) is 4.07. The van der Waals surface area contributed by atoms with E-state index in [1.807, 2.05) is 50.5 Å². The van der Waals surface area contributed by atoms with E-state index in [0.29, 0.717) is 12.2 Å². The number of aromatic nitrogens is 3. The third-order valence-electron chi connectivity index (χ3n) is 4.04. The van der Waals surface area contributed by atoms with E-state index >= 15 is 0 Å². The summed E-state index contributed by atoms with van der Waals surface area (Å²) in [6.45, 7) is 3.30. The van der Waals surface area contributed by atoms with Gasteiger partial charge in [-0.25, -0.2) is 9.97 Å². The van der Waals surface area contributed by atoms with Crippen molar-refractivity contribution in [3.05, 3.63) is 75.3 Å². The lowest BCUT2D eigenvalue weighted by Crippen LogP contribution is -2.21. The first kappa shape index (κ1) is 15.9. The SMILES string of the molecule is Cc1ccc2nc(CN(C)Cc3nc4ccccc4s3)cc(=O)n2c1. The number of para-hydroxylation sites is 1. The second-order valence-corrected chi connectivity index (χ2v) is 7.38. The fourth-order valence-corrected chi connectivity index (χ4v) is 3.94. The lowest BCUT2D eigenvalue weighted by molar-refractivity contribution is 0.315. The van der Waals surface area contributed by atoms with Crippen molar-refractivity contribution in [3.63, 3.8) is 0 Å². The maximum atomic E-state index is 12.3. The van der Waals surface area contributed by atoms with Crippen molar-refractivity contribution in [2.45, 2.75) is 20.0 Å². The zero-order valence-electron chi connectivity index (χ0n) is 14.1. The van der Waals surface area contributed by atoms with Crippen LogP contribution in [0.25, 0.3) is 15.9 Å². The van der Waals surface area contributed by atoms with Crippen LogP contribution in [0.1, 0.15) is 16.3 Å². The third kappa shape index (κ3) is 3.31. The molecule has 0 atom stereocenters. The Bertz CT molecular complexity index is 1080. The van der Waals surface area contributed by atoms with Crippen LogP contribution in [0.4, 0.5) is 0 Å². The lowest BCUT2D eigenvalue weighted by Gasteiger charge is -2.14. The Balaban J connectivity index is 1.55. The summed E-state index contributed by atoms with van der Waals surface area (Å²) >= 11 is 1.70. The minimum absolute atomic E-state index is 0.0444. The van der Waals surface area contributed by atoms with Gasteiger partial charge in [-0.05, 0) is 37.7 Å². The molecule has 0 radical (unpaired) electrons. The first-order chi connectivity index (χ1) is 12.1. The number of hydrogen-bond acceptors (Lipinski definition) is 5. The van der Waals surface area contributed by atoms with E-state index in [4.69, 9.17) is 0 Å². The molecule has 25 heavy (non-hydrogen) atoms. The van der Waals surface area contributed by atoms with E-state index < -0.39 is 0 Å². The molecule has 126 valence electrons. The Morgan fingerprint density at radius 2 is 1.96 bits per heavy atom. The zero-order chi connectivity index (χ0) is 17.4. The number of hydrogen-bond donors (Lipinski definition) is 0. The molecule has 4 rings (SSSR count). The first-order valence-electron chi connectivity index (χ1n) is 8.10. The van der Waals surface area contributed by atoms with Gasteiger partial charge in [-0.1, -0.05) is 18.2 Å². The molecular formula is C19H18N4OS. The van der Waals surface area contributed by atoms with Crippen LogP contribution in [0, 0.1) is 6.92 Å². The molecule has 0 bridgehead atoms. The van der Waals surface area contributed by atoms with E-state index in [0.717, 1.165) is 28.3 Å². The number of thiazole rings is 1. The average Bonchev–Trinajstić information content (AvgIpc) is 2.97. The predicted octanol–water partition coefficient (Wildman–Crippen LogP) is 3.24. The predicted molar refractivity (Wildman–Crippen MR) is 101 cm³/mol. The number of fused-ring (bicyclic) bond motifs is 2. The summed E-state index contributed by atoms with van der Waals surface area (Å²) in [7, 11) is 2.02. The first-order valence-corrected chi connectivity index (χ1v) is 8.92. The Morgan fingerprint density at radius 1 is 1.12 bits per heavy atom. The van der Waals surface area contributed by atoms with E-state index in [2.05, 4.69) is 20.9 Å². The Labute approximate surface area is 149 Å². The van der Waals surface area contributed by atoms with Crippen LogP contribution in [-0.4, -0.2) is 26.3 Å². The van der Waals surface area contributed by atoms with Gasteiger partial charge >= 0.3 is 0 Å². The van der Waals surface area contributed by atoms with Gasteiger partial charge in [0.2, 0.25) is 0 Å². The van der Waals surface area contributed by atoms with E-state index in [1.54, 1.807) is 21.8 Å². The van der Waals surface area contributed by atoms with E-state index in [9.17, 15) is 4.79 Å². The molecule has 0 amide bonds. The van der Waals surface area contributed by atoms with Gasteiger partial charge in [-0.15, -0.1) is 11.3 Å². The molecule has 0 aliphatic carbocycles.